The fourth-order valence-corrected chi connectivity index (χ4v) is 5.87. The Morgan fingerprint density at radius 1 is 1.15 bits per heavy atom. The molecule has 10 nitrogen and oxygen atoms in total. The Morgan fingerprint density at radius 3 is 2.49 bits per heavy atom. The van der Waals surface area contributed by atoms with Crippen molar-refractivity contribution < 1.29 is 41.7 Å². The van der Waals surface area contributed by atoms with Gasteiger partial charge in [-0.25, -0.2) is 9.37 Å². The first-order chi connectivity index (χ1) is 22.3. The minimum atomic E-state index is -5.35. The molecule has 0 spiro atoms. The molecule has 3 heterocycles. The second-order valence-corrected chi connectivity index (χ2v) is 12.4. The SMILES string of the molecule is CC[C@]1(C(N)=O)COc2c1cc([C@@](O)(CNC(=O)c1cc(OC3CC3)c3nn(C4CC4)cc3c1)C(F)(F)F)nc2-c1ccc(F)cc1. The van der Waals surface area contributed by atoms with Crippen LogP contribution < -0.4 is 20.5 Å². The predicted octanol–water partition coefficient (Wildman–Crippen LogP) is 4.82. The van der Waals surface area contributed by atoms with Gasteiger partial charge in [0, 0.05) is 28.3 Å². The monoisotopic (exact) mass is 653 g/mol. The quantitative estimate of drug-likeness (QED) is 0.209. The number of amides is 2. The number of primary amides is 1. The zero-order valence-electron chi connectivity index (χ0n) is 25.2. The number of ether oxygens (including phenoxy) is 2. The molecule has 2 fully saturated rings. The van der Waals surface area contributed by atoms with E-state index in [1.54, 1.807) is 17.8 Å². The van der Waals surface area contributed by atoms with Crippen LogP contribution in [0.4, 0.5) is 17.6 Å². The van der Waals surface area contributed by atoms with Gasteiger partial charge in [0.1, 0.15) is 40.5 Å². The summed E-state index contributed by atoms with van der Waals surface area (Å²) in [4.78, 5) is 30.3. The summed E-state index contributed by atoms with van der Waals surface area (Å²) in [6, 6.07) is 8.92. The van der Waals surface area contributed by atoms with Gasteiger partial charge in [0.15, 0.2) is 0 Å². The second kappa shape index (κ2) is 10.9. The Hall–Kier alpha value is -4.72. The van der Waals surface area contributed by atoms with E-state index in [1.165, 1.54) is 24.3 Å². The fraction of sp³-hybridized carbons (Fsp3) is 0.394. The molecule has 47 heavy (non-hydrogen) atoms. The number of hydrogen-bond donors (Lipinski definition) is 3. The molecule has 2 amide bonds. The molecular weight excluding hydrogens is 622 g/mol. The minimum absolute atomic E-state index is 0.00203. The van der Waals surface area contributed by atoms with Gasteiger partial charge in [-0.3, -0.25) is 14.3 Å². The van der Waals surface area contributed by atoms with Crippen LogP contribution in [0.25, 0.3) is 22.2 Å². The first-order valence-corrected chi connectivity index (χ1v) is 15.3. The number of carbonyl (C=O) groups is 2. The van der Waals surface area contributed by atoms with Crippen LogP contribution in [-0.2, 0) is 15.8 Å². The van der Waals surface area contributed by atoms with Crippen LogP contribution >= 0.6 is 0 Å². The number of benzene rings is 2. The number of nitrogens with two attached hydrogens (primary N) is 1. The van der Waals surface area contributed by atoms with Crippen molar-refractivity contribution in [1.29, 1.82) is 0 Å². The third-order valence-electron chi connectivity index (χ3n) is 9.13. The summed E-state index contributed by atoms with van der Waals surface area (Å²) in [5.74, 6) is -1.97. The number of nitrogens with one attached hydrogen (secondary N) is 1. The molecule has 2 atom stereocenters. The van der Waals surface area contributed by atoms with E-state index < -0.39 is 47.1 Å². The number of rotatable bonds is 10. The first-order valence-electron chi connectivity index (χ1n) is 15.3. The predicted molar refractivity (Wildman–Crippen MR) is 160 cm³/mol. The molecule has 4 N–H and O–H groups in total. The van der Waals surface area contributed by atoms with E-state index in [2.05, 4.69) is 15.4 Å². The highest BCUT2D eigenvalue weighted by atomic mass is 19.4. The lowest BCUT2D eigenvalue weighted by molar-refractivity contribution is -0.265. The van der Waals surface area contributed by atoms with Crippen LogP contribution in [0.5, 0.6) is 11.5 Å². The van der Waals surface area contributed by atoms with Crippen LogP contribution in [0.15, 0.2) is 48.7 Å². The van der Waals surface area contributed by atoms with Crippen LogP contribution in [0.2, 0.25) is 0 Å². The van der Waals surface area contributed by atoms with Gasteiger partial charge < -0.3 is 25.6 Å². The van der Waals surface area contributed by atoms with Crippen molar-refractivity contribution in [3.8, 4) is 22.8 Å². The standard InChI is InChI=1S/C33H31F4N5O5/c1-2-31(30(38)44)16-46-28-23(31)13-25(40-27(28)17-3-5-20(34)6-4-17)32(45,33(35,36)37)15-39-29(43)18-11-19-14-42(21-7-8-21)41-26(19)24(12-18)47-22-9-10-22/h3-6,11-14,21-22,45H,2,7-10,15-16H2,1H3,(H2,38,44)(H,39,43)/t31-,32-/m0/s1. The number of fused-ring (bicyclic) bond motifs is 2. The first kappa shape index (κ1) is 30.9. The van der Waals surface area contributed by atoms with Gasteiger partial charge in [0.05, 0.1) is 24.4 Å². The lowest BCUT2D eigenvalue weighted by atomic mass is 9.78. The van der Waals surface area contributed by atoms with Gasteiger partial charge in [-0.2, -0.15) is 18.3 Å². The van der Waals surface area contributed by atoms with Gasteiger partial charge in [0.25, 0.3) is 5.91 Å². The van der Waals surface area contributed by atoms with Crippen molar-refractivity contribution in [2.45, 2.75) is 68.4 Å². The smallest absolute Gasteiger partial charge is 0.424 e. The Kier molecular flexibility index (Phi) is 7.19. The topological polar surface area (TPSA) is 142 Å². The number of nitrogens with zero attached hydrogens (tertiary/aromatic N) is 3. The molecule has 2 aliphatic carbocycles. The van der Waals surface area contributed by atoms with E-state index in [0.29, 0.717) is 16.7 Å². The number of aromatic nitrogens is 3. The molecule has 0 saturated heterocycles. The third-order valence-corrected chi connectivity index (χ3v) is 9.13. The molecule has 14 heteroatoms. The molecule has 4 aromatic rings. The molecular formula is C33H31F4N5O5. The van der Waals surface area contributed by atoms with Gasteiger partial charge in [-0.05, 0) is 74.6 Å². The third kappa shape index (κ3) is 5.33. The zero-order chi connectivity index (χ0) is 33.3. The molecule has 0 unspecified atom stereocenters. The van der Waals surface area contributed by atoms with Gasteiger partial charge in [-0.1, -0.05) is 6.92 Å². The van der Waals surface area contributed by atoms with Crippen molar-refractivity contribution in [2.75, 3.05) is 13.2 Å². The lowest BCUT2D eigenvalue weighted by Gasteiger charge is -2.32. The summed E-state index contributed by atoms with van der Waals surface area (Å²) >= 11 is 0. The summed E-state index contributed by atoms with van der Waals surface area (Å²) < 4.78 is 72.0. The van der Waals surface area contributed by atoms with Crippen LogP contribution in [0, 0.1) is 5.82 Å². The molecule has 0 radical (unpaired) electrons. The van der Waals surface area contributed by atoms with Crippen molar-refractivity contribution in [3.63, 3.8) is 0 Å². The number of hydrogen-bond acceptors (Lipinski definition) is 7. The Morgan fingerprint density at radius 2 is 1.87 bits per heavy atom. The van der Waals surface area contributed by atoms with Gasteiger partial charge in [-0.15, -0.1) is 0 Å². The maximum atomic E-state index is 14.9. The summed E-state index contributed by atoms with van der Waals surface area (Å²) in [7, 11) is 0. The molecule has 3 aliphatic rings. The highest BCUT2D eigenvalue weighted by Gasteiger charge is 2.58. The normalized spacial score (nSPS) is 20.4. The summed E-state index contributed by atoms with van der Waals surface area (Å²) in [6.45, 7) is 0.0436. The van der Waals surface area contributed by atoms with Crippen LogP contribution in [0.3, 0.4) is 0 Å². The van der Waals surface area contributed by atoms with Crippen molar-refractivity contribution in [1.82, 2.24) is 20.1 Å². The maximum absolute atomic E-state index is 14.9. The van der Waals surface area contributed by atoms with Crippen LogP contribution in [-0.4, -0.2) is 57.1 Å². The summed E-state index contributed by atoms with van der Waals surface area (Å²) in [6.07, 6.45) is 0.107. The number of halogens is 4. The molecule has 7 rings (SSSR count). The molecule has 246 valence electrons. The number of pyridine rings is 1. The Bertz CT molecular complexity index is 1900. The lowest BCUT2D eigenvalue weighted by Crippen LogP contribution is -2.52. The zero-order valence-corrected chi connectivity index (χ0v) is 25.2. The van der Waals surface area contributed by atoms with E-state index >= 15 is 0 Å². The minimum Gasteiger partial charge on any atom is -0.489 e. The Balaban J connectivity index is 1.27. The molecule has 1 aliphatic heterocycles. The average Bonchev–Trinajstić information content (AvgIpc) is 3.97. The molecule has 2 aromatic carbocycles. The van der Waals surface area contributed by atoms with Crippen molar-refractivity contribution in [3.05, 3.63) is 71.3 Å². The maximum Gasteiger partial charge on any atom is 0.424 e. The molecule has 2 aromatic heterocycles. The van der Waals surface area contributed by atoms with E-state index in [0.717, 1.165) is 43.9 Å². The Labute approximate surface area is 265 Å². The molecule has 0 bridgehead atoms. The second-order valence-electron chi connectivity index (χ2n) is 12.4. The summed E-state index contributed by atoms with van der Waals surface area (Å²) in [5.41, 5.74) is 0.209. The largest absolute Gasteiger partial charge is 0.489 e. The fourth-order valence-electron chi connectivity index (χ4n) is 5.87. The van der Waals surface area contributed by atoms with Gasteiger partial charge in [0.2, 0.25) is 11.5 Å². The van der Waals surface area contributed by atoms with E-state index in [1.807, 2.05) is 0 Å². The van der Waals surface area contributed by atoms with E-state index in [9.17, 15) is 32.3 Å². The molecule has 2 saturated carbocycles. The number of aliphatic hydroxyl groups is 1. The number of alkyl halides is 3. The van der Waals surface area contributed by atoms with Crippen molar-refractivity contribution in [2.24, 2.45) is 5.73 Å². The van der Waals surface area contributed by atoms with Gasteiger partial charge >= 0.3 is 6.18 Å². The average molecular weight is 654 g/mol. The van der Waals surface area contributed by atoms with E-state index in [4.69, 9.17) is 15.2 Å². The summed E-state index contributed by atoms with van der Waals surface area (Å²) in [5, 5.41) is 18.9. The number of carbonyl (C=O) groups excluding carboxylic acids is 2. The van der Waals surface area contributed by atoms with Crippen molar-refractivity contribution >= 4 is 22.7 Å². The van der Waals surface area contributed by atoms with Crippen LogP contribution in [0.1, 0.15) is 66.7 Å². The highest BCUT2D eigenvalue weighted by molar-refractivity contribution is 6.00. The highest BCUT2D eigenvalue weighted by Crippen LogP contribution is 2.49. The van der Waals surface area contributed by atoms with E-state index in [-0.39, 0.29) is 53.3 Å².